The van der Waals surface area contributed by atoms with Crippen LogP contribution >= 0.6 is 0 Å². The van der Waals surface area contributed by atoms with Crippen molar-refractivity contribution in [2.75, 3.05) is 31.1 Å². The molecule has 2 fully saturated rings. The number of aromatic nitrogens is 1. The summed E-state index contributed by atoms with van der Waals surface area (Å²) < 4.78 is 0. The van der Waals surface area contributed by atoms with E-state index in [4.69, 9.17) is 10.7 Å². The van der Waals surface area contributed by atoms with Crippen LogP contribution in [0.15, 0.2) is 12.1 Å². The molecule has 4 nitrogen and oxygen atoms in total. The molecule has 0 amide bonds. The van der Waals surface area contributed by atoms with Crippen LogP contribution in [0.25, 0.3) is 0 Å². The molecule has 0 bridgehead atoms. The number of pyridine rings is 1. The van der Waals surface area contributed by atoms with Gasteiger partial charge in [-0.3, -0.25) is 4.90 Å². The Morgan fingerprint density at radius 1 is 1.14 bits per heavy atom. The van der Waals surface area contributed by atoms with E-state index < -0.39 is 0 Å². The fourth-order valence-electron chi connectivity index (χ4n) is 3.68. The maximum atomic E-state index is 5.82. The van der Waals surface area contributed by atoms with Gasteiger partial charge >= 0.3 is 0 Å². The van der Waals surface area contributed by atoms with E-state index in [-0.39, 0.29) is 0 Å². The zero-order valence-corrected chi connectivity index (χ0v) is 13.2. The molecule has 1 saturated heterocycles. The molecule has 4 heteroatoms. The highest BCUT2D eigenvalue weighted by molar-refractivity contribution is 5.43. The van der Waals surface area contributed by atoms with Gasteiger partial charge < -0.3 is 10.6 Å². The van der Waals surface area contributed by atoms with Crippen LogP contribution in [0.1, 0.15) is 43.9 Å². The molecule has 1 aliphatic heterocycles. The van der Waals surface area contributed by atoms with Gasteiger partial charge in [0.05, 0.1) is 0 Å². The summed E-state index contributed by atoms with van der Waals surface area (Å²) in [6.45, 7) is 7.32. The molecule has 2 N–H and O–H groups in total. The van der Waals surface area contributed by atoms with Gasteiger partial charge in [-0.2, -0.15) is 0 Å². The van der Waals surface area contributed by atoms with Gasteiger partial charge in [-0.25, -0.2) is 4.98 Å². The molecule has 2 heterocycles. The largest absolute Gasteiger partial charge is 0.354 e. The van der Waals surface area contributed by atoms with E-state index in [9.17, 15) is 0 Å². The first kappa shape index (κ1) is 14.8. The van der Waals surface area contributed by atoms with Crippen LogP contribution in [0.4, 0.5) is 5.82 Å². The lowest BCUT2D eigenvalue weighted by Crippen LogP contribution is -2.50. The molecule has 1 aromatic heterocycles. The molecule has 2 aliphatic rings. The number of piperazine rings is 1. The van der Waals surface area contributed by atoms with E-state index in [1.807, 2.05) is 0 Å². The second-order valence-corrected chi connectivity index (χ2v) is 6.34. The van der Waals surface area contributed by atoms with Crippen molar-refractivity contribution in [2.45, 2.75) is 51.6 Å². The number of anilines is 1. The van der Waals surface area contributed by atoms with Crippen molar-refractivity contribution in [3.8, 4) is 0 Å². The Morgan fingerprint density at radius 3 is 2.48 bits per heavy atom. The Bertz CT molecular complexity index is 438. The minimum absolute atomic E-state index is 0.602. The summed E-state index contributed by atoms with van der Waals surface area (Å²) >= 11 is 0. The maximum absolute atomic E-state index is 5.82. The Labute approximate surface area is 128 Å². The number of nitrogens with two attached hydrogens (primary N) is 1. The number of hydrogen-bond donors (Lipinski definition) is 1. The molecule has 0 aromatic carbocycles. The van der Waals surface area contributed by atoms with Gasteiger partial charge in [0.15, 0.2) is 0 Å². The third-order valence-electron chi connectivity index (χ3n) is 5.00. The molecular formula is C17H28N4. The average molecular weight is 288 g/mol. The van der Waals surface area contributed by atoms with E-state index in [1.165, 1.54) is 44.3 Å². The van der Waals surface area contributed by atoms with Gasteiger partial charge in [0.2, 0.25) is 0 Å². The van der Waals surface area contributed by atoms with Crippen molar-refractivity contribution in [3.05, 3.63) is 23.4 Å². The Kier molecular flexibility index (Phi) is 4.76. The zero-order valence-electron chi connectivity index (χ0n) is 13.2. The first-order valence-electron chi connectivity index (χ1n) is 8.49. The summed E-state index contributed by atoms with van der Waals surface area (Å²) in [7, 11) is 0. The third-order valence-corrected chi connectivity index (χ3v) is 5.00. The van der Waals surface area contributed by atoms with Crippen LogP contribution in [0.5, 0.6) is 0 Å². The molecule has 21 heavy (non-hydrogen) atoms. The van der Waals surface area contributed by atoms with Crippen molar-refractivity contribution >= 4 is 5.82 Å². The van der Waals surface area contributed by atoms with E-state index >= 15 is 0 Å². The third kappa shape index (κ3) is 3.38. The number of aryl methyl sites for hydroxylation is 1. The first-order valence-corrected chi connectivity index (χ1v) is 8.49. The van der Waals surface area contributed by atoms with Gasteiger partial charge in [-0.05, 0) is 37.0 Å². The van der Waals surface area contributed by atoms with Crippen LogP contribution in [0.2, 0.25) is 0 Å². The Hall–Kier alpha value is -1.13. The molecule has 0 radical (unpaired) electrons. The minimum Gasteiger partial charge on any atom is -0.354 e. The van der Waals surface area contributed by atoms with E-state index in [1.54, 1.807) is 0 Å². The van der Waals surface area contributed by atoms with E-state index in [0.29, 0.717) is 6.54 Å². The minimum atomic E-state index is 0.602. The van der Waals surface area contributed by atoms with E-state index in [0.717, 1.165) is 37.1 Å². The van der Waals surface area contributed by atoms with Crippen LogP contribution in [-0.4, -0.2) is 42.1 Å². The highest BCUT2D eigenvalue weighted by Gasteiger charge is 2.26. The maximum Gasteiger partial charge on any atom is 0.129 e. The Balaban J connectivity index is 1.65. The van der Waals surface area contributed by atoms with Crippen LogP contribution in [-0.2, 0) is 13.0 Å². The molecule has 1 saturated carbocycles. The number of rotatable bonds is 4. The van der Waals surface area contributed by atoms with E-state index in [2.05, 4.69) is 28.9 Å². The van der Waals surface area contributed by atoms with Crippen molar-refractivity contribution in [3.63, 3.8) is 0 Å². The van der Waals surface area contributed by atoms with Crippen LogP contribution in [0, 0.1) is 0 Å². The highest BCUT2D eigenvalue weighted by atomic mass is 15.3. The normalized spacial score (nSPS) is 21.1. The summed E-state index contributed by atoms with van der Waals surface area (Å²) in [5.74, 6) is 1.13. The standard InChI is InChI=1S/C17H28N4/c1-2-15-11-14(13-18)12-17(19-15)21-9-7-20(8-10-21)16-5-3-4-6-16/h11-12,16H,2-10,13,18H2,1H3. The second-order valence-electron chi connectivity index (χ2n) is 6.34. The SMILES string of the molecule is CCc1cc(CN)cc(N2CCN(C3CCCC3)CC2)n1. The van der Waals surface area contributed by atoms with Crippen LogP contribution < -0.4 is 10.6 Å². The molecule has 116 valence electrons. The first-order chi connectivity index (χ1) is 10.3. The molecule has 0 atom stereocenters. The smallest absolute Gasteiger partial charge is 0.129 e. The Morgan fingerprint density at radius 2 is 1.86 bits per heavy atom. The lowest BCUT2D eigenvalue weighted by molar-refractivity contribution is 0.187. The van der Waals surface area contributed by atoms with Crippen molar-refractivity contribution < 1.29 is 0 Å². The van der Waals surface area contributed by atoms with Gasteiger partial charge in [0, 0.05) is 44.5 Å². The second kappa shape index (κ2) is 6.75. The molecule has 0 unspecified atom stereocenters. The summed E-state index contributed by atoms with van der Waals surface area (Å²) in [6.07, 6.45) is 6.63. The molecule has 0 spiro atoms. The lowest BCUT2D eigenvalue weighted by atomic mass is 10.1. The fourth-order valence-corrected chi connectivity index (χ4v) is 3.68. The summed E-state index contributed by atoms with van der Waals surface area (Å²) in [5.41, 5.74) is 8.18. The van der Waals surface area contributed by atoms with Gasteiger partial charge in [-0.15, -0.1) is 0 Å². The van der Waals surface area contributed by atoms with Gasteiger partial charge in [0.25, 0.3) is 0 Å². The lowest BCUT2D eigenvalue weighted by Gasteiger charge is -2.38. The zero-order chi connectivity index (χ0) is 14.7. The molecule has 1 aliphatic carbocycles. The van der Waals surface area contributed by atoms with Crippen molar-refractivity contribution in [2.24, 2.45) is 5.73 Å². The van der Waals surface area contributed by atoms with Crippen LogP contribution in [0.3, 0.4) is 0 Å². The van der Waals surface area contributed by atoms with Crippen molar-refractivity contribution in [1.82, 2.24) is 9.88 Å². The highest BCUT2D eigenvalue weighted by Crippen LogP contribution is 2.25. The number of hydrogen-bond acceptors (Lipinski definition) is 4. The summed E-state index contributed by atoms with van der Waals surface area (Å²) in [5, 5.41) is 0. The fraction of sp³-hybridized carbons (Fsp3) is 0.706. The predicted octanol–water partition coefficient (Wildman–Crippen LogP) is 2.17. The number of nitrogens with zero attached hydrogens (tertiary/aromatic N) is 3. The van der Waals surface area contributed by atoms with Gasteiger partial charge in [0.1, 0.15) is 5.82 Å². The monoisotopic (exact) mass is 288 g/mol. The molecule has 1 aromatic rings. The molecule has 3 rings (SSSR count). The predicted molar refractivity (Wildman–Crippen MR) is 87.5 cm³/mol. The van der Waals surface area contributed by atoms with Crippen molar-refractivity contribution in [1.29, 1.82) is 0 Å². The quantitative estimate of drug-likeness (QED) is 0.922. The van der Waals surface area contributed by atoms with Gasteiger partial charge in [-0.1, -0.05) is 19.8 Å². The molecular weight excluding hydrogens is 260 g/mol. The summed E-state index contributed by atoms with van der Waals surface area (Å²) in [4.78, 5) is 9.92. The summed E-state index contributed by atoms with van der Waals surface area (Å²) in [6, 6.07) is 5.16. The topological polar surface area (TPSA) is 45.4 Å². The average Bonchev–Trinajstić information content (AvgIpc) is 3.09.